The van der Waals surface area contributed by atoms with Crippen molar-refractivity contribution in [1.29, 1.82) is 0 Å². The molecule has 0 bridgehead atoms. The second-order valence-electron chi connectivity index (χ2n) is 4.66. The Morgan fingerprint density at radius 3 is 2.84 bits per heavy atom. The zero-order valence-corrected chi connectivity index (χ0v) is 13.6. The van der Waals surface area contributed by atoms with Crippen LogP contribution in [0.15, 0.2) is 40.2 Å². The SMILES string of the molecule is CC(C)NCc1cccc(OCc2sccc2Br)c1. The van der Waals surface area contributed by atoms with Gasteiger partial charge in [-0.25, -0.2) is 0 Å². The van der Waals surface area contributed by atoms with Gasteiger partial charge in [-0.1, -0.05) is 26.0 Å². The molecule has 102 valence electrons. The molecule has 1 aromatic heterocycles. The fraction of sp³-hybridized carbons (Fsp3) is 0.333. The second kappa shape index (κ2) is 7.08. The lowest BCUT2D eigenvalue weighted by atomic mass is 10.2. The fourth-order valence-corrected chi connectivity index (χ4v) is 3.02. The first-order valence-corrected chi connectivity index (χ1v) is 7.99. The van der Waals surface area contributed by atoms with Crippen molar-refractivity contribution in [2.75, 3.05) is 0 Å². The van der Waals surface area contributed by atoms with Crippen molar-refractivity contribution in [1.82, 2.24) is 5.32 Å². The third kappa shape index (κ3) is 4.64. The largest absolute Gasteiger partial charge is 0.488 e. The molecule has 19 heavy (non-hydrogen) atoms. The van der Waals surface area contributed by atoms with Crippen molar-refractivity contribution in [2.24, 2.45) is 0 Å². The molecule has 0 saturated carbocycles. The smallest absolute Gasteiger partial charge is 0.124 e. The van der Waals surface area contributed by atoms with E-state index in [1.54, 1.807) is 11.3 Å². The molecule has 0 atom stereocenters. The first-order chi connectivity index (χ1) is 9.15. The molecule has 0 saturated heterocycles. The minimum atomic E-state index is 0.492. The van der Waals surface area contributed by atoms with Crippen molar-refractivity contribution >= 4 is 27.3 Å². The highest BCUT2D eigenvalue weighted by molar-refractivity contribution is 9.10. The van der Waals surface area contributed by atoms with E-state index in [0.29, 0.717) is 12.6 Å². The average Bonchev–Trinajstić information content (AvgIpc) is 2.80. The van der Waals surface area contributed by atoms with Crippen molar-refractivity contribution < 1.29 is 4.74 Å². The van der Waals surface area contributed by atoms with Crippen LogP contribution in [0.4, 0.5) is 0 Å². The lowest BCUT2D eigenvalue weighted by Crippen LogP contribution is -2.21. The van der Waals surface area contributed by atoms with Crippen LogP contribution in [0.3, 0.4) is 0 Å². The maximum atomic E-state index is 5.83. The summed E-state index contributed by atoms with van der Waals surface area (Å²) in [6, 6.07) is 10.8. The van der Waals surface area contributed by atoms with Crippen LogP contribution < -0.4 is 10.1 Å². The fourth-order valence-electron chi connectivity index (χ4n) is 1.64. The summed E-state index contributed by atoms with van der Waals surface area (Å²) in [7, 11) is 0. The Morgan fingerprint density at radius 1 is 1.32 bits per heavy atom. The van der Waals surface area contributed by atoms with Crippen molar-refractivity contribution in [3.05, 3.63) is 50.6 Å². The van der Waals surface area contributed by atoms with E-state index in [0.717, 1.165) is 16.8 Å². The summed E-state index contributed by atoms with van der Waals surface area (Å²) in [5.74, 6) is 0.920. The topological polar surface area (TPSA) is 21.3 Å². The van der Waals surface area contributed by atoms with E-state index in [1.165, 1.54) is 10.4 Å². The van der Waals surface area contributed by atoms with Crippen molar-refractivity contribution in [2.45, 2.75) is 33.0 Å². The molecule has 2 nitrogen and oxygen atoms in total. The van der Waals surface area contributed by atoms with Gasteiger partial charge in [-0.3, -0.25) is 0 Å². The molecule has 1 heterocycles. The Kier molecular flexibility index (Phi) is 5.43. The van der Waals surface area contributed by atoms with E-state index >= 15 is 0 Å². The summed E-state index contributed by atoms with van der Waals surface area (Å²) in [5.41, 5.74) is 1.25. The number of ether oxygens (including phenoxy) is 1. The molecule has 0 aliphatic carbocycles. The van der Waals surface area contributed by atoms with Gasteiger partial charge in [0.05, 0.1) is 4.88 Å². The summed E-state index contributed by atoms with van der Waals surface area (Å²) in [6.07, 6.45) is 0. The van der Waals surface area contributed by atoms with Gasteiger partial charge in [0, 0.05) is 17.1 Å². The highest BCUT2D eigenvalue weighted by Crippen LogP contribution is 2.24. The molecule has 1 aromatic carbocycles. The van der Waals surface area contributed by atoms with Crippen LogP contribution in [0.5, 0.6) is 5.75 Å². The summed E-state index contributed by atoms with van der Waals surface area (Å²) >= 11 is 5.22. The average molecular weight is 340 g/mol. The first kappa shape index (κ1) is 14.6. The summed E-state index contributed by atoms with van der Waals surface area (Å²) in [4.78, 5) is 1.21. The number of hydrogen-bond donors (Lipinski definition) is 1. The summed E-state index contributed by atoms with van der Waals surface area (Å²) in [6.45, 7) is 5.78. The van der Waals surface area contributed by atoms with Gasteiger partial charge in [-0.2, -0.15) is 0 Å². The monoisotopic (exact) mass is 339 g/mol. The number of hydrogen-bond acceptors (Lipinski definition) is 3. The molecule has 1 N–H and O–H groups in total. The predicted octanol–water partition coefficient (Wildman–Crippen LogP) is 4.59. The molecular formula is C15H18BrNOS. The number of thiophene rings is 1. The van der Waals surface area contributed by atoms with E-state index in [2.05, 4.69) is 52.6 Å². The minimum absolute atomic E-state index is 0.492. The zero-order chi connectivity index (χ0) is 13.7. The van der Waals surface area contributed by atoms with E-state index < -0.39 is 0 Å². The van der Waals surface area contributed by atoms with Gasteiger partial charge in [-0.05, 0) is 45.1 Å². The van der Waals surface area contributed by atoms with Crippen LogP contribution in [0.2, 0.25) is 0 Å². The maximum absolute atomic E-state index is 5.83. The lowest BCUT2D eigenvalue weighted by Gasteiger charge is -2.10. The quantitative estimate of drug-likeness (QED) is 0.831. The molecule has 0 radical (unpaired) electrons. The minimum Gasteiger partial charge on any atom is -0.488 e. The molecular weight excluding hydrogens is 322 g/mol. The van der Waals surface area contributed by atoms with Gasteiger partial charge < -0.3 is 10.1 Å². The normalized spacial score (nSPS) is 10.9. The molecule has 2 rings (SSSR count). The molecule has 0 spiro atoms. The van der Waals surface area contributed by atoms with E-state index in [9.17, 15) is 0 Å². The van der Waals surface area contributed by atoms with Gasteiger partial charge in [0.15, 0.2) is 0 Å². The number of halogens is 1. The molecule has 0 fully saturated rings. The molecule has 0 aliphatic heterocycles. The van der Waals surface area contributed by atoms with E-state index in [4.69, 9.17) is 4.74 Å². The van der Waals surface area contributed by atoms with Crippen LogP contribution in [0.1, 0.15) is 24.3 Å². The van der Waals surface area contributed by atoms with Crippen LogP contribution in [-0.2, 0) is 13.2 Å². The predicted molar refractivity (Wildman–Crippen MR) is 84.8 cm³/mol. The Balaban J connectivity index is 1.93. The third-order valence-electron chi connectivity index (χ3n) is 2.67. The lowest BCUT2D eigenvalue weighted by molar-refractivity contribution is 0.308. The maximum Gasteiger partial charge on any atom is 0.124 e. The Morgan fingerprint density at radius 2 is 2.16 bits per heavy atom. The molecule has 2 aromatic rings. The number of rotatable bonds is 6. The Labute approximate surface area is 126 Å². The Hall–Kier alpha value is -0.840. The summed E-state index contributed by atoms with van der Waals surface area (Å²) < 4.78 is 6.95. The highest BCUT2D eigenvalue weighted by atomic mass is 79.9. The van der Waals surface area contributed by atoms with Crippen molar-refractivity contribution in [3.8, 4) is 5.75 Å². The third-order valence-corrected chi connectivity index (χ3v) is 4.57. The van der Waals surface area contributed by atoms with Gasteiger partial charge in [-0.15, -0.1) is 11.3 Å². The molecule has 0 amide bonds. The summed E-state index contributed by atoms with van der Waals surface area (Å²) in [5, 5.41) is 5.47. The van der Waals surface area contributed by atoms with E-state index in [1.807, 2.05) is 18.2 Å². The second-order valence-corrected chi connectivity index (χ2v) is 6.52. The van der Waals surface area contributed by atoms with Gasteiger partial charge in [0.25, 0.3) is 0 Å². The van der Waals surface area contributed by atoms with Gasteiger partial charge in [0.1, 0.15) is 12.4 Å². The van der Waals surface area contributed by atoms with Crippen LogP contribution in [0.25, 0.3) is 0 Å². The van der Waals surface area contributed by atoms with Gasteiger partial charge in [0.2, 0.25) is 0 Å². The van der Waals surface area contributed by atoms with Crippen LogP contribution in [-0.4, -0.2) is 6.04 Å². The Bertz CT molecular complexity index is 524. The first-order valence-electron chi connectivity index (χ1n) is 6.32. The molecule has 4 heteroatoms. The molecule has 0 unspecified atom stereocenters. The number of nitrogens with one attached hydrogen (secondary N) is 1. The van der Waals surface area contributed by atoms with Crippen LogP contribution >= 0.6 is 27.3 Å². The molecule has 0 aliphatic rings. The van der Waals surface area contributed by atoms with Gasteiger partial charge >= 0.3 is 0 Å². The standard InChI is InChI=1S/C15H18BrNOS/c1-11(2)17-9-12-4-3-5-13(8-12)18-10-15-14(16)6-7-19-15/h3-8,11,17H,9-10H2,1-2H3. The zero-order valence-electron chi connectivity index (χ0n) is 11.2. The van der Waals surface area contributed by atoms with Crippen LogP contribution in [0, 0.1) is 0 Å². The number of benzene rings is 1. The highest BCUT2D eigenvalue weighted by Gasteiger charge is 2.03. The van der Waals surface area contributed by atoms with Crippen molar-refractivity contribution in [3.63, 3.8) is 0 Å². The van der Waals surface area contributed by atoms with E-state index in [-0.39, 0.29) is 0 Å².